The Morgan fingerprint density at radius 2 is 2.15 bits per heavy atom. The highest BCUT2D eigenvalue weighted by molar-refractivity contribution is 5.79. The summed E-state index contributed by atoms with van der Waals surface area (Å²) in [5.74, 6) is 0.616. The van der Waals surface area contributed by atoms with E-state index in [2.05, 4.69) is 10.2 Å². The highest BCUT2D eigenvalue weighted by Crippen LogP contribution is 2.38. The number of hydrogen-bond acceptors (Lipinski definition) is 3. The minimum absolute atomic E-state index is 0.111. The van der Waals surface area contributed by atoms with Gasteiger partial charge < -0.3 is 16.0 Å². The van der Waals surface area contributed by atoms with Crippen molar-refractivity contribution in [3.05, 3.63) is 0 Å². The molecule has 2 rings (SSSR count). The second kappa shape index (κ2) is 3.64. The second-order valence-corrected chi connectivity index (χ2v) is 4.06. The van der Waals surface area contributed by atoms with Crippen molar-refractivity contribution in [2.75, 3.05) is 32.7 Å². The molecule has 1 saturated carbocycles. The molecule has 1 heterocycles. The molecule has 2 atom stereocenters. The summed E-state index contributed by atoms with van der Waals surface area (Å²) in [6.45, 7) is 5.45. The lowest BCUT2D eigenvalue weighted by molar-refractivity contribution is -0.119. The first-order valence-corrected chi connectivity index (χ1v) is 5.00. The van der Waals surface area contributed by atoms with Crippen molar-refractivity contribution >= 4 is 5.91 Å². The number of amides is 1. The molecule has 2 fully saturated rings. The summed E-state index contributed by atoms with van der Waals surface area (Å²) < 4.78 is 0. The van der Waals surface area contributed by atoms with Gasteiger partial charge in [0.15, 0.2) is 0 Å². The molecule has 3 N–H and O–H groups in total. The third-order valence-electron chi connectivity index (χ3n) is 2.99. The largest absolute Gasteiger partial charge is 0.369 e. The van der Waals surface area contributed by atoms with Crippen molar-refractivity contribution in [3.63, 3.8) is 0 Å². The summed E-state index contributed by atoms with van der Waals surface area (Å²) in [7, 11) is 0. The molecule has 1 amide bonds. The molecule has 0 bridgehead atoms. The molecular weight excluding hydrogens is 166 g/mol. The first-order chi connectivity index (χ1) is 6.27. The van der Waals surface area contributed by atoms with Crippen molar-refractivity contribution in [1.82, 2.24) is 10.2 Å². The number of hydrogen-bond donors (Lipinski definition) is 2. The van der Waals surface area contributed by atoms with Gasteiger partial charge in [0.2, 0.25) is 5.91 Å². The molecule has 1 saturated heterocycles. The molecule has 1 aliphatic carbocycles. The SMILES string of the molecule is NC(=O)C1CC1CN1CCNCC1. The normalized spacial score (nSPS) is 34.5. The predicted molar refractivity (Wildman–Crippen MR) is 50.1 cm³/mol. The third kappa shape index (κ3) is 2.19. The summed E-state index contributed by atoms with van der Waals surface area (Å²) in [4.78, 5) is 13.2. The van der Waals surface area contributed by atoms with E-state index in [-0.39, 0.29) is 11.8 Å². The molecule has 1 aliphatic heterocycles. The predicted octanol–water partition coefficient (Wildman–Crippen LogP) is -0.987. The van der Waals surface area contributed by atoms with Crippen molar-refractivity contribution in [2.24, 2.45) is 17.6 Å². The number of piperazine rings is 1. The van der Waals surface area contributed by atoms with E-state index in [0.717, 1.165) is 39.1 Å². The van der Waals surface area contributed by atoms with Crippen LogP contribution in [0.5, 0.6) is 0 Å². The fourth-order valence-electron chi connectivity index (χ4n) is 2.02. The lowest BCUT2D eigenvalue weighted by Crippen LogP contribution is -2.44. The van der Waals surface area contributed by atoms with Crippen molar-refractivity contribution < 1.29 is 4.79 Å². The van der Waals surface area contributed by atoms with Gasteiger partial charge in [0.25, 0.3) is 0 Å². The van der Waals surface area contributed by atoms with E-state index in [9.17, 15) is 4.79 Å². The maximum atomic E-state index is 10.8. The zero-order chi connectivity index (χ0) is 9.26. The number of nitrogens with zero attached hydrogens (tertiary/aromatic N) is 1. The van der Waals surface area contributed by atoms with Gasteiger partial charge in [-0.05, 0) is 12.3 Å². The topological polar surface area (TPSA) is 58.4 Å². The Kier molecular flexibility index (Phi) is 2.51. The standard InChI is InChI=1S/C9H17N3O/c10-9(13)8-5-7(8)6-12-3-1-11-2-4-12/h7-8,11H,1-6H2,(H2,10,13). The van der Waals surface area contributed by atoms with Crippen molar-refractivity contribution in [3.8, 4) is 0 Å². The Morgan fingerprint density at radius 1 is 1.46 bits per heavy atom. The van der Waals surface area contributed by atoms with Crippen LogP contribution in [0.2, 0.25) is 0 Å². The first kappa shape index (κ1) is 8.97. The molecule has 4 heteroatoms. The average molecular weight is 183 g/mol. The van der Waals surface area contributed by atoms with Gasteiger partial charge in [0.1, 0.15) is 0 Å². The van der Waals surface area contributed by atoms with E-state index in [1.807, 2.05) is 0 Å². The molecule has 2 unspecified atom stereocenters. The molecule has 0 aromatic carbocycles. The zero-order valence-electron chi connectivity index (χ0n) is 7.83. The van der Waals surface area contributed by atoms with Crippen molar-refractivity contribution in [1.29, 1.82) is 0 Å². The van der Waals surface area contributed by atoms with E-state index >= 15 is 0 Å². The summed E-state index contributed by atoms with van der Waals surface area (Å²) in [6, 6.07) is 0. The quantitative estimate of drug-likeness (QED) is 0.591. The minimum atomic E-state index is -0.111. The molecule has 0 aromatic rings. The van der Waals surface area contributed by atoms with Crippen LogP contribution in [0.3, 0.4) is 0 Å². The fraction of sp³-hybridized carbons (Fsp3) is 0.889. The van der Waals surface area contributed by atoms with Crippen LogP contribution in [0.4, 0.5) is 0 Å². The third-order valence-corrected chi connectivity index (χ3v) is 2.99. The summed E-state index contributed by atoms with van der Waals surface area (Å²) in [5.41, 5.74) is 5.22. The van der Waals surface area contributed by atoms with Gasteiger partial charge >= 0.3 is 0 Å². The lowest BCUT2D eigenvalue weighted by Gasteiger charge is -2.27. The van der Waals surface area contributed by atoms with Gasteiger partial charge in [-0.15, -0.1) is 0 Å². The summed E-state index contributed by atoms with van der Waals surface area (Å²) in [6.07, 6.45) is 1.01. The molecule has 13 heavy (non-hydrogen) atoms. The van der Waals surface area contributed by atoms with Crippen LogP contribution in [0.15, 0.2) is 0 Å². The zero-order valence-corrected chi connectivity index (χ0v) is 7.83. The van der Waals surface area contributed by atoms with E-state index in [4.69, 9.17) is 5.73 Å². The van der Waals surface area contributed by atoms with Crippen molar-refractivity contribution in [2.45, 2.75) is 6.42 Å². The van der Waals surface area contributed by atoms with E-state index < -0.39 is 0 Å². The molecule has 2 aliphatic rings. The summed E-state index contributed by atoms with van der Waals surface area (Å²) >= 11 is 0. The van der Waals surface area contributed by atoms with Gasteiger partial charge in [-0.25, -0.2) is 0 Å². The molecule has 0 aromatic heterocycles. The van der Waals surface area contributed by atoms with Crippen LogP contribution in [0.25, 0.3) is 0 Å². The van der Waals surface area contributed by atoms with Gasteiger partial charge in [-0.3, -0.25) is 4.79 Å². The Hall–Kier alpha value is -0.610. The number of primary amides is 1. The Bertz CT molecular complexity index is 201. The van der Waals surface area contributed by atoms with Gasteiger partial charge in [0.05, 0.1) is 0 Å². The first-order valence-electron chi connectivity index (χ1n) is 5.00. The second-order valence-electron chi connectivity index (χ2n) is 4.06. The number of nitrogens with one attached hydrogen (secondary N) is 1. The Morgan fingerprint density at radius 3 is 2.69 bits per heavy atom. The maximum absolute atomic E-state index is 10.8. The monoisotopic (exact) mass is 183 g/mol. The minimum Gasteiger partial charge on any atom is -0.369 e. The highest BCUT2D eigenvalue weighted by atomic mass is 16.1. The highest BCUT2D eigenvalue weighted by Gasteiger charge is 2.42. The van der Waals surface area contributed by atoms with E-state index in [1.165, 1.54) is 0 Å². The molecule has 0 radical (unpaired) electrons. The fourth-order valence-corrected chi connectivity index (χ4v) is 2.02. The number of carbonyl (C=O) groups is 1. The average Bonchev–Trinajstić information content (AvgIpc) is 2.86. The molecule has 74 valence electrons. The van der Waals surface area contributed by atoms with Gasteiger partial charge in [-0.2, -0.15) is 0 Å². The maximum Gasteiger partial charge on any atom is 0.220 e. The number of nitrogens with two attached hydrogens (primary N) is 1. The smallest absolute Gasteiger partial charge is 0.220 e. The lowest BCUT2D eigenvalue weighted by atomic mass is 10.2. The molecular formula is C9H17N3O. The van der Waals surface area contributed by atoms with Gasteiger partial charge in [-0.1, -0.05) is 0 Å². The van der Waals surface area contributed by atoms with Crippen LogP contribution in [0, 0.1) is 11.8 Å². The van der Waals surface area contributed by atoms with Crippen LogP contribution >= 0.6 is 0 Å². The Labute approximate surface area is 78.5 Å². The molecule has 4 nitrogen and oxygen atoms in total. The van der Waals surface area contributed by atoms with E-state index in [1.54, 1.807) is 0 Å². The van der Waals surface area contributed by atoms with Gasteiger partial charge in [0, 0.05) is 38.6 Å². The van der Waals surface area contributed by atoms with Crippen LogP contribution < -0.4 is 11.1 Å². The van der Waals surface area contributed by atoms with Crippen LogP contribution in [-0.2, 0) is 4.79 Å². The molecule has 0 spiro atoms. The number of rotatable bonds is 3. The number of carbonyl (C=O) groups excluding carboxylic acids is 1. The van der Waals surface area contributed by atoms with E-state index in [0.29, 0.717) is 5.92 Å². The van der Waals surface area contributed by atoms with Crippen LogP contribution in [-0.4, -0.2) is 43.5 Å². The Balaban J connectivity index is 1.70. The van der Waals surface area contributed by atoms with Crippen LogP contribution in [0.1, 0.15) is 6.42 Å². The summed E-state index contributed by atoms with van der Waals surface area (Å²) in [5, 5.41) is 3.31.